The van der Waals surface area contributed by atoms with E-state index in [0.29, 0.717) is 5.69 Å². The third kappa shape index (κ3) is 3.34. The van der Waals surface area contributed by atoms with Crippen LogP contribution in [0.1, 0.15) is 17.7 Å². The van der Waals surface area contributed by atoms with Crippen LogP contribution < -0.4 is 0 Å². The number of hydrogen-bond acceptors (Lipinski definition) is 3. The molecule has 0 fully saturated rings. The maximum atomic E-state index is 13.4. The summed E-state index contributed by atoms with van der Waals surface area (Å²) in [5.41, 5.74) is 0.661. The molecule has 5 nitrogen and oxygen atoms in total. The van der Waals surface area contributed by atoms with Crippen molar-refractivity contribution in [1.29, 1.82) is 0 Å². The molecular weight excluding hydrogens is 256 g/mol. The maximum Gasteiger partial charge on any atom is 0.303 e. The Morgan fingerprint density at radius 1 is 1.37 bits per heavy atom. The van der Waals surface area contributed by atoms with Gasteiger partial charge in [-0.1, -0.05) is 17.3 Å². The number of rotatable bonds is 5. The van der Waals surface area contributed by atoms with Crippen LogP contribution in [0.5, 0.6) is 0 Å². The van der Waals surface area contributed by atoms with Gasteiger partial charge >= 0.3 is 5.97 Å². The number of carbonyl (C=O) groups is 1. The Balaban J connectivity index is 2.07. The topological polar surface area (TPSA) is 68.0 Å². The van der Waals surface area contributed by atoms with Gasteiger partial charge in [0.25, 0.3) is 0 Å². The van der Waals surface area contributed by atoms with Crippen LogP contribution in [0.4, 0.5) is 8.78 Å². The van der Waals surface area contributed by atoms with E-state index in [1.165, 1.54) is 23.0 Å². The summed E-state index contributed by atoms with van der Waals surface area (Å²) in [5.74, 6) is -2.75. The number of hydrogen-bond donors (Lipinski definition) is 1. The van der Waals surface area contributed by atoms with Gasteiger partial charge in [-0.2, -0.15) is 0 Å². The zero-order valence-corrected chi connectivity index (χ0v) is 9.88. The molecule has 0 saturated carbocycles. The number of halogens is 2. The van der Waals surface area contributed by atoms with Gasteiger partial charge in [0, 0.05) is 18.2 Å². The van der Waals surface area contributed by atoms with E-state index in [2.05, 4.69) is 10.3 Å². The molecule has 0 aliphatic rings. The smallest absolute Gasteiger partial charge is 0.303 e. The lowest BCUT2D eigenvalue weighted by atomic mass is 10.2. The molecule has 0 radical (unpaired) electrons. The molecule has 0 spiro atoms. The number of benzene rings is 1. The number of aromatic nitrogens is 3. The van der Waals surface area contributed by atoms with Crippen molar-refractivity contribution in [2.45, 2.75) is 19.4 Å². The second-order valence-electron chi connectivity index (χ2n) is 4.01. The van der Waals surface area contributed by atoms with E-state index in [4.69, 9.17) is 5.11 Å². The van der Waals surface area contributed by atoms with Crippen LogP contribution in [0.15, 0.2) is 24.4 Å². The van der Waals surface area contributed by atoms with Crippen molar-refractivity contribution in [3.63, 3.8) is 0 Å². The molecule has 2 aromatic rings. The minimum absolute atomic E-state index is 0.0453. The molecule has 1 aromatic carbocycles. The highest BCUT2D eigenvalue weighted by Crippen LogP contribution is 2.12. The molecule has 7 heteroatoms. The molecule has 0 unspecified atom stereocenters. The van der Waals surface area contributed by atoms with E-state index in [1.807, 2.05) is 0 Å². The van der Waals surface area contributed by atoms with E-state index in [0.717, 1.165) is 6.07 Å². The first-order valence-electron chi connectivity index (χ1n) is 5.60. The van der Waals surface area contributed by atoms with Crippen molar-refractivity contribution in [3.05, 3.63) is 47.3 Å². The quantitative estimate of drug-likeness (QED) is 0.893. The Morgan fingerprint density at radius 2 is 2.16 bits per heavy atom. The number of carboxylic acids is 1. The normalized spacial score (nSPS) is 10.6. The molecule has 1 aromatic heterocycles. The van der Waals surface area contributed by atoms with Crippen molar-refractivity contribution < 1.29 is 18.7 Å². The fraction of sp³-hybridized carbons (Fsp3) is 0.250. The van der Waals surface area contributed by atoms with Gasteiger partial charge < -0.3 is 5.11 Å². The van der Waals surface area contributed by atoms with E-state index < -0.39 is 17.6 Å². The fourth-order valence-corrected chi connectivity index (χ4v) is 1.61. The third-order valence-electron chi connectivity index (χ3n) is 2.55. The minimum Gasteiger partial charge on any atom is -0.481 e. The van der Waals surface area contributed by atoms with Gasteiger partial charge in [0.15, 0.2) is 11.6 Å². The lowest BCUT2D eigenvalue weighted by molar-refractivity contribution is -0.136. The summed E-state index contributed by atoms with van der Waals surface area (Å²) >= 11 is 0. The van der Waals surface area contributed by atoms with Crippen molar-refractivity contribution in [3.8, 4) is 0 Å². The summed E-state index contributed by atoms with van der Waals surface area (Å²) in [5, 5.41) is 16.1. The van der Waals surface area contributed by atoms with Gasteiger partial charge in [-0.25, -0.2) is 13.5 Å². The number of aryl methyl sites for hydroxylation is 1. The standard InChI is InChI=1S/C12H11F2N3O2/c13-10-3-1-2-8(12(10)14)6-17-7-9(15-16-17)4-5-11(18)19/h1-3,7H,4-6H2,(H,18,19). The average molecular weight is 267 g/mol. The van der Waals surface area contributed by atoms with E-state index in [1.54, 1.807) is 0 Å². The highest BCUT2D eigenvalue weighted by Gasteiger charge is 2.09. The molecule has 1 N–H and O–H groups in total. The Kier molecular flexibility index (Phi) is 3.84. The zero-order valence-electron chi connectivity index (χ0n) is 9.88. The Labute approximate surface area is 107 Å². The summed E-state index contributed by atoms with van der Waals surface area (Å²) in [6, 6.07) is 3.91. The van der Waals surface area contributed by atoms with Crippen LogP contribution in [0.2, 0.25) is 0 Å². The molecule has 0 aliphatic heterocycles. The predicted molar refractivity (Wildman–Crippen MR) is 61.4 cm³/mol. The van der Waals surface area contributed by atoms with E-state index in [9.17, 15) is 13.6 Å². The monoisotopic (exact) mass is 267 g/mol. The highest BCUT2D eigenvalue weighted by atomic mass is 19.2. The molecular formula is C12H11F2N3O2. The highest BCUT2D eigenvalue weighted by molar-refractivity contribution is 5.66. The second kappa shape index (κ2) is 5.55. The van der Waals surface area contributed by atoms with Crippen LogP contribution in [0, 0.1) is 11.6 Å². The molecule has 1 heterocycles. The van der Waals surface area contributed by atoms with Gasteiger partial charge in [-0.3, -0.25) is 4.79 Å². The summed E-state index contributed by atoms with van der Waals surface area (Å²) in [4.78, 5) is 10.4. The first-order chi connectivity index (χ1) is 9.06. The molecule has 0 amide bonds. The van der Waals surface area contributed by atoms with Crippen LogP contribution in [-0.2, 0) is 17.8 Å². The summed E-state index contributed by atoms with van der Waals surface area (Å²) in [7, 11) is 0. The van der Waals surface area contributed by atoms with Gasteiger partial charge in [0.05, 0.1) is 18.7 Å². The molecule has 2 rings (SSSR count). The average Bonchev–Trinajstić information content (AvgIpc) is 2.80. The van der Waals surface area contributed by atoms with Crippen LogP contribution >= 0.6 is 0 Å². The largest absolute Gasteiger partial charge is 0.481 e. The molecule has 0 saturated heterocycles. The number of carboxylic acid groups (broad SMARTS) is 1. The molecule has 100 valence electrons. The van der Waals surface area contributed by atoms with Crippen molar-refractivity contribution in [2.75, 3.05) is 0 Å². The van der Waals surface area contributed by atoms with Crippen molar-refractivity contribution in [1.82, 2.24) is 15.0 Å². The maximum absolute atomic E-state index is 13.4. The summed E-state index contributed by atoms with van der Waals surface area (Å²) in [6.45, 7) is 0.0453. The molecule has 0 atom stereocenters. The third-order valence-corrected chi connectivity index (χ3v) is 2.55. The lowest BCUT2D eigenvalue weighted by Gasteiger charge is -2.02. The first-order valence-corrected chi connectivity index (χ1v) is 5.60. The predicted octanol–water partition coefficient (Wildman–Crippen LogP) is 1.62. The van der Waals surface area contributed by atoms with Gasteiger partial charge in [0.1, 0.15) is 0 Å². The molecule has 19 heavy (non-hydrogen) atoms. The van der Waals surface area contributed by atoms with Crippen molar-refractivity contribution in [2.24, 2.45) is 0 Å². The van der Waals surface area contributed by atoms with Crippen LogP contribution in [0.3, 0.4) is 0 Å². The second-order valence-corrected chi connectivity index (χ2v) is 4.01. The van der Waals surface area contributed by atoms with Crippen LogP contribution in [-0.4, -0.2) is 26.1 Å². The first kappa shape index (κ1) is 13.1. The fourth-order valence-electron chi connectivity index (χ4n) is 1.61. The molecule has 0 aliphatic carbocycles. The number of nitrogens with zero attached hydrogens (tertiary/aromatic N) is 3. The summed E-state index contributed by atoms with van der Waals surface area (Å²) < 4.78 is 27.8. The Bertz CT molecular complexity index is 598. The Morgan fingerprint density at radius 3 is 2.89 bits per heavy atom. The van der Waals surface area contributed by atoms with Gasteiger partial charge in [-0.05, 0) is 6.07 Å². The Hall–Kier alpha value is -2.31. The van der Waals surface area contributed by atoms with Gasteiger partial charge in [0.2, 0.25) is 0 Å². The SMILES string of the molecule is O=C(O)CCc1cn(Cc2cccc(F)c2F)nn1. The van der Waals surface area contributed by atoms with E-state index in [-0.39, 0.29) is 24.9 Å². The molecule has 0 bridgehead atoms. The number of aliphatic carboxylic acids is 1. The summed E-state index contributed by atoms with van der Waals surface area (Å²) in [6.07, 6.45) is 1.72. The van der Waals surface area contributed by atoms with Gasteiger partial charge in [-0.15, -0.1) is 5.10 Å². The van der Waals surface area contributed by atoms with Crippen molar-refractivity contribution >= 4 is 5.97 Å². The lowest BCUT2D eigenvalue weighted by Crippen LogP contribution is -2.04. The zero-order chi connectivity index (χ0) is 13.8. The minimum atomic E-state index is -0.925. The van der Waals surface area contributed by atoms with E-state index >= 15 is 0 Å². The van der Waals surface area contributed by atoms with Crippen LogP contribution in [0.25, 0.3) is 0 Å².